The van der Waals surface area contributed by atoms with Gasteiger partial charge in [0.2, 0.25) is 0 Å². The highest BCUT2D eigenvalue weighted by atomic mass is 35.5. The van der Waals surface area contributed by atoms with Crippen LogP contribution >= 0.6 is 12.4 Å². The second-order valence-electron chi connectivity index (χ2n) is 7.80. The van der Waals surface area contributed by atoms with Crippen molar-refractivity contribution in [1.29, 1.82) is 0 Å². The van der Waals surface area contributed by atoms with Crippen molar-refractivity contribution < 1.29 is 23.6 Å². The van der Waals surface area contributed by atoms with Gasteiger partial charge in [-0.25, -0.2) is 4.39 Å². The maximum absolute atomic E-state index is 13.3. The zero-order valence-electron chi connectivity index (χ0n) is 17.8. The number of hydrogen-bond acceptors (Lipinski definition) is 6. The average Bonchev–Trinajstić information content (AvgIpc) is 3.18. The van der Waals surface area contributed by atoms with Crippen LogP contribution in [0.25, 0.3) is 11.0 Å². The first-order chi connectivity index (χ1) is 15.0. The molecule has 170 valence electrons. The molecule has 0 unspecified atom stereocenters. The molecule has 0 spiro atoms. The van der Waals surface area contributed by atoms with Gasteiger partial charge in [0, 0.05) is 29.5 Å². The molecular weight excluding hydrogens is 435 g/mol. The van der Waals surface area contributed by atoms with Gasteiger partial charge in [-0.05, 0) is 63.2 Å². The van der Waals surface area contributed by atoms with Gasteiger partial charge in [0.1, 0.15) is 12.4 Å². The fourth-order valence-corrected chi connectivity index (χ4v) is 3.89. The van der Waals surface area contributed by atoms with E-state index in [2.05, 4.69) is 10.1 Å². The molecule has 1 aliphatic rings. The van der Waals surface area contributed by atoms with E-state index in [0.29, 0.717) is 29.4 Å². The van der Waals surface area contributed by atoms with E-state index in [4.69, 9.17) is 9.26 Å². The molecular formula is C24H26ClFN2O4. The largest absolute Gasteiger partial charge is 0.504 e. The van der Waals surface area contributed by atoms with E-state index in [0.717, 1.165) is 43.6 Å². The van der Waals surface area contributed by atoms with Crippen molar-refractivity contribution >= 4 is 29.2 Å². The molecule has 1 aliphatic heterocycles. The zero-order chi connectivity index (χ0) is 21.8. The third kappa shape index (κ3) is 5.47. The maximum Gasteiger partial charge on any atom is 0.170 e. The van der Waals surface area contributed by atoms with Crippen LogP contribution in [0.1, 0.15) is 41.7 Å². The van der Waals surface area contributed by atoms with E-state index >= 15 is 0 Å². The highest BCUT2D eigenvalue weighted by molar-refractivity contribution is 5.94. The normalized spacial score (nSPS) is 15.2. The number of fused-ring (bicyclic) bond motifs is 1. The van der Waals surface area contributed by atoms with Crippen LogP contribution in [0.4, 0.5) is 4.39 Å². The first-order valence-electron chi connectivity index (χ1n) is 10.4. The minimum absolute atomic E-state index is 0. The molecule has 1 N–H and O–H groups in total. The van der Waals surface area contributed by atoms with Gasteiger partial charge in [-0.2, -0.15) is 0 Å². The van der Waals surface area contributed by atoms with Crippen molar-refractivity contribution in [3.63, 3.8) is 0 Å². The molecule has 0 amide bonds. The van der Waals surface area contributed by atoms with Crippen LogP contribution in [-0.2, 0) is 0 Å². The summed E-state index contributed by atoms with van der Waals surface area (Å²) in [7, 11) is 0. The lowest BCUT2D eigenvalue weighted by molar-refractivity contribution is 0.101. The number of phenolic OH excluding ortho intramolecular Hbond substituents is 1. The molecule has 8 heteroatoms. The number of benzene rings is 2. The van der Waals surface area contributed by atoms with E-state index in [1.807, 2.05) is 12.2 Å². The van der Waals surface area contributed by atoms with Crippen molar-refractivity contribution in [3.05, 3.63) is 65.6 Å². The molecule has 0 radical (unpaired) electrons. The molecule has 0 saturated carbocycles. The van der Waals surface area contributed by atoms with Crippen molar-refractivity contribution in [2.24, 2.45) is 0 Å². The highest BCUT2D eigenvalue weighted by Crippen LogP contribution is 2.32. The van der Waals surface area contributed by atoms with E-state index in [1.54, 1.807) is 18.2 Å². The first kappa shape index (κ1) is 23.8. The maximum atomic E-state index is 13.3. The second-order valence-corrected chi connectivity index (χ2v) is 7.80. The summed E-state index contributed by atoms with van der Waals surface area (Å²) >= 11 is 0. The Kier molecular flexibility index (Phi) is 7.88. The smallest absolute Gasteiger partial charge is 0.170 e. The zero-order valence-corrected chi connectivity index (χ0v) is 18.6. The highest BCUT2D eigenvalue weighted by Gasteiger charge is 2.24. The molecule has 1 fully saturated rings. The van der Waals surface area contributed by atoms with Crippen molar-refractivity contribution in [3.8, 4) is 11.5 Å². The Hall–Kier alpha value is -2.90. The predicted octanol–water partition coefficient (Wildman–Crippen LogP) is 5.11. The molecule has 32 heavy (non-hydrogen) atoms. The molecule has 0 atom stereocenters. The van der Waals surface area contributed by atoms with Crippen LogP contribution < -0.4 is 4.74 Å². The van der Waals surface area contributed by atoms with Crippen LogP contribution in [0, 0.1) is 5.82 Å². The lowest BCUT2D eigenvalue weighted by Gasteiger charge is -2.30. The molecule has 0 bridgehead atoms. The number of ether oxygens (including phenoxy) is 1. The number of aromatic hydroxyl groups is 1. The van der Waals surface area contributed by atoms with Gasteiger partial charge in [0.15, 0.2) is 22.9 Å². The molecule has 1 saturated heterocycles. The number of hydrogen-bond donors (Lipinski definition) is 1. The Bertz CT molecular complexity index is 1110. The third-order valence-corrected chi connectivity index (χ3v) is 5.67. The summed E-state index contributed by atoms with van der Waals surface area (Å²) in [6, 6.07) is 9.16. The van der Waals surface area contributed by atoms with Crippen LogP contribution in [0.5, 0.6) is 11.5 Å². The van der Waals surface area contributed by atoms with Crippen LogP contribution in [-0.4, -0.2) is 47.2 Å². The van der Waals surface area contributed by atoms with Crippen LogP contribution in [0.2, 0.25) is 0 Å². The number of nitrogens with zero attached hydrogens (tertiary/aromatic N) is 2. The van der Waals surface area contributed by atoms with Crippen molar-refractivity contribution in [1.82, 2.24) is 10.1 Å². The molecule has 6 nitrogen and oxygen atoms in total. The number of piperidine rings is 1. The Labute approximate surface area is 192 Å². The number of phenols is 1. The average molecular weight is 461 g/mol. The molecule has 0 aliphatic carbocycles. The van der Waals surface area contributed by atoms with E-state index < -0.39 is 0 Å². The minimum atomic E-state index is -0.317. The number of aromatic nitrogens is 1. The SMILES string of the molecule is CC(=O)c1ccc(O)c(OCC=CCN2CCC(c3noc4cc(F)ccc34)CC2)c1.Cl. The number of carbonyl (C=O) groups excluding carboxylic acids is 1. The fraction of sp³-hybridized carbons (Fsp3) is 0.333. The van der Waals surface area contributed by atoms with Crippen LogP contribution in [0.3, 0.4) is 0 Å². The Balaban J connectivity index is 0.00000289. The van der Waals surface area contributed by atoms with Gasteiger partial charge < -0.3 is 14.4 Å². The predicted molar refractivity (Wildman–Crippen MR) is 122 cm³/mol. The number of ketones is 1. The summed E-state index contributed by atoms with van der Waals surface area (Å²) in [6.07, 6.45) is 5.89. The van der Waals surface area contributed by atoms with Gasteiger partial charge in [-0.15, -0.1) is 12.4 Å². The number of rotatable bonds is 7. The fourth-order valence-electron chi connectivity index (χ4n) is 3.89. The van der Waals surface area contributed by atoms with Crippen molar-refractivity contribution in [2.45, 2.75) is 25.7 Å². The van der Waals surface area contributed by atoms with E-state index in [9.17, 15) is 14.3 Å². The summed E-state index contributed by atoms with van der Waals surface area (Å²) in [5.41, 5.74) is 1.93. The number of halogens is 2. The van der Waals surface area contributed by atoms with Gasteiger partial charge in [-0.3, -0.25) is 9.69 Å². The Morgan fingerprint density at radius 2 is 2.03 bits per heavy atom. The first-order valence-corrected chi connectivity index (χ1v) is 10.4. The van der Waals surface area contributed by atoms with E-state index in [-0.39, 0.29) is 29.8 Å². The number of Topliss-reactive ketones (excluding diaryl/α,β-unsaturated/α-hetero) is 1. The topological polar surface area (TPSA) is 75.8 Å². The summed E-state index contributed by atoms with van der Waals surface area (Å²) in [6.45, 7) is 4.47. The lowest BCUT2D eigenvalue weighted by atomic mass is 9.91. The van der Waals surface area contributed by atoms with Crippen LogP contribution in [0.15, 0.2) is 53.1 Å². The summed E-state index contributed by atoms with van der Waals surface area (Å²) in [5, 5.41) is 15.0. The monoisotopic (exact) mass is 460 g/mol. The summed E-state index contributed by atoms with van der Waals surface area (Å²) < 4.78 is 24.2. The summed E-state index contributed by atoms with van der Waals surface area (Å²) in [5.74, 6) is 0.241. The summed E-state index contributed by atoms with van der Waals surface area (Å²) in [4.78, 5) is 13.8. The van der Waals surface area contributed by atoms with Gasteiger partial charge in [-0.1, -0.05) is 17.3 Å². The molecule has 2 aromatic carbocycles. The molecule has 4 rings (SSSR count). The quantitative estimate of drug-likeness (QED) is 0.390. The number of carbonyl (C=O) groups is 1. The minimum Gasteiger partial charge on any atom is -0.504 e. The van der Waals surface area contributed by atoms with Gasteiger partial charge in [0.05, 0.1) is 5.69 Å². The Morgan fingerprint density at radius 3 is 2.78 bits per heavy atom. The standard InChI is InChI=1S/C24H25FN2O4.ClH/c1-16(28)18-4-7-21(29)23(14-18)30-13-3-2-10-27-11-8-17(9-12-27)24-20-6-5-19(25)15-22(20)31-26-24;/h2-7,14-15,17,29H,8-13H2,1H3;1H. The third-order valence-electron chi connectivity index (χ3n) is 5.67. The van der Waals surface area contributed by atoms with Gasteiger partial charge >= 0.3 is 0 Å². The molecule has 1 aromatic heterocycles. The van der Waals surface area contributed by atoms with E-state index in [1.165, 1.54) is 25.1 Å². The van der Waals surface area contributed by atoms with Crippen molar-refractivity contribution in [2.75, 3.05) is 26.2 Å². The Morgan fingerprint density at radius 1 is 1.25 bits per heavy atom. The number of likely N-dealkylation sites (tertiary alicyclic amines) is 1. The second kappa shape index (κ2) is 10.6. The molecule has 3 aromatic rings. The van der Waals surface area contributed by atoms with Gasteiger partial charge in [0.25, 0.3) is 0 Å². The molecule has 2 heterocycles. The lowest BCUT2D eigenvalue weighted by Crippen LogP contribution is -2.33.